The van der Waals surface area contributed by atoms with Gasteiger partial charge in [-0.2, -0.15) is 0 Å². The molecule has 0 aliphatic carbocycles. The number of carbonyl (C=O) groups excluding carboxylic acids is 1. The molecule has 0 radical (unpaired) electrons. The molecule has 0 saturated carbocycles. The molecule has 1 aromatic heterocycles. The van der Waals surface area contributed by atoms with Crippen molar-refractivity contribution in [3.63, 3.8) is 0 Å². The number of carbonyl (C=O) groups is 1. The first-order chi connectivity index (χ1) is 12.2. The molecule has 130 valence electrons. The minimum atomic E-state index is -0.340. The Morgan fingerprint density at radius 1 is 1.16 bits per heavy atom. The second-order valence-corrected chi connectivity index (χ2v) is 6.88. The standard InChI is InChI=1S/C20H23N3O2/c1-14-21-11-8-17(22-14)15-9-12-23(13-10-15)20(24)19-7-6-16-4-2-3-5-18(16)25-19/h2-5,8,11,15,19H,6-7,9-10,12-13H2,1H3/t19-/m0/s1. The first kappa shape index (κ1) is 16.1. The Morgan fingerprint density at radius 3 is 2.76 bits per heavy atom. The Balaban J connectivity index is 1.37. The second kappa shape index (κ2) is 6.82. The molecular formula is C20H23N3O2. The summed E-state index contributed by atoms with van der Waals surface area (Å²) in [6.45, 7) is 3.46. The molecule has 0 N–H and O–H groups in total. The highest BCUT2D eigenvalue weighted by Crippen LogP contribution is 2.30. The highest BCUT2D eigenvalue weighted by atomic mass is 16.5. The van der Waals surface area contributed by atoms with E-state index in [2.05, 4.69) is 16.0 Å². The number of nitrogens with zero attached hydrogens (tertiary/aromatic N) is 3. The fourth-order valence-corrected chi connectivity index (χ4v) is 3.80. The monoisotopic (exact) mass is 337 g/mol. The van der Waals surface area contributed by atoms with Crippen molar-refractivity contribution < 1.29 is 9.53 Å². The molecule has 1 aromatic carbocycles. The zero-order chi connectivity index (χ0) is 17.2. The molecule has 0 unspecified atom stereocenters. The van der Waals surface area contributed by atoms with Crippen LogP contribution >= 0.6 is 0 Å². The molecule has 2 aromatic rings. The summed E-state index contributed by atoms with van der Waals surface area (Å²) in [5.41, 5.74) is 2.30. The van der Waals surface area contributed by atoms with E-state index in [-0.39, 0.29) is 12.0 Å². The van der Waals surface area contributed by atoms with Gasteiger partial charge in [-0.3, -0.25) is 4.79 Å². The van der Waals surface area contributed by atoms with Gasteiger partial charge in [-0.05, 0) is 50.3 Å². The number of aromatic nitrogens is 2. The summed E-state index contributed by atoms with van der Waals surface area (Å²) in [6.07, 6.45) is 5.05. The van der Waals surface area contributed by atoms with Crippen molar-refractivity contribution in [1.29, 1.82) is 0 Å². The van der Waals surface area contributed by atoms with Crippen LogP contribution in [-0.4, -0.2) is 40.0 Å². The zero-order valence-electron chi connectivity index (χ0n) is 14.5. The summed E-state index contributed by atoms with van der Waals surface area (Å²) in [5, 5.41) is 0. The van der Waals surface area contributed by atoms with Crippen LogP contribution in [0.15, 0.2) is 36.5 Å². The molecular weight excluding hydrogens is 314 g/mol. The van der Waals surface area contributed by atoms with E-state index in [1.54, 1.807) is 0 Å². The molecule has 1 atom stereocenters. The van der Waals surface area contributed by atoms with Gasteiger partial charge in [0.05, 0.1) is 0 Å². The minimum Gasteiger partial charge on any atom is -0.480 e. The van der Waals surface area contributed by atoms with E-state index in [1.165, 1.54) is 5.56 Å². The first-order valence-corrected chi connectivity index (χ1v) is 9.03. The fourth-order valence-electron chi connectivity index (χ4n) is 3.80. The quantitative estimate of drug-likeness (QED) is 0.845. The first-order valence-electron chi connectivity index (χ1n) is 9.03. The molecule has 25 heavy (non-hydrogen) atoms. The largest absolute Gasteiger partial charge is 0.480 e. The van der Waals surface area contributed by atoms with Crippen molar-refractivity contribution in [2.24, 2.45) is 0 Å². The molecule has 1 fully saturated rings. The molecule has 4 rings (SSSR count). The lowest BCUT2D eigenvalue weighted by Crippen LogP contribution is -2.46. The average molecular weight is 337 g/mol. The Morgan fingerprint density at radius 2 is 1.96 bits per heavy atom. The fraction of sp³-hybridized carbons (Fsp3) is 0.450. The van der Waals surface area contributed by atoms with Gasteiger partial charge in [-0.25, -0.2) is 9.97 Å². The van der Waals surface area contributed by atoms with Crippen LogP contribution in [0.1, 0.15) is 42.3 Å². The smallest absolute Gasteiger partial charge is 0.263 e. The van der Waals surface area contributed by atoms with Crippen LogP contribution in [-0.2, 0) is 11.2 Å². The number of hydrogen-bond donors (Lipinski definition) is 0. The van der Waals surface area contributed by atoms with Gasteiger partial charge in [0.25, 0.3) is 5.91 Å². The van der Waals surface area contributed by atoms with Gasteiger partial charge in [-0.1, -0.05) is 18.2 Å². The Kier molecular flexibility index (Phi) is 4.38. The number of ether oxygens (including phenoxy) is 1. The maximum absolute atomic E-state index is 12.8. The summed E-state index contributed by atoms with van der Waals surface area (Å²) in [5.74, 6) is 2.22. The summed E-state index contributed by atoms with van der Waals surface area (Å²) < 4.78 is 5.96. The lowest BCUT2D eigenvalue weighted by atomic mass is 9.92. The van der Waals surface area contributed by atoms with E-state index in [0.717, 1.165) is 56.0 Å². The second-order valence-electron chi connectivity index (χ2n) is 6.88. The van der Waals surface area contributed by atoms with E-state index < -0.39 is 0 Å². The Bertz CT molecular complexity index is 769. The lowest BCUT2D eigenvalue weighted by Gasteiger charge is -2.35. The predicted octanol–water partition coefficient (Wildman–Crippen LogP) is 2.88. The van der Waals surface area contributed by atoms with E-state index in [1.807, 2.05) is 42.3 Å². The summed E-state index contributed by atoms with van der Waals surface area (Å²) in [6, 6.07) is 10.0. The van der Waals surface area contributed by atoms with Crippen molar-refractivity contribution in [3.8, 4) is 5.75 Å². The SMILES string of the molecule is Cc1nccc(C2CCN(C(=O)[C@@H]3CCc4ccccc4O3)CC2)n1. The van der Waals surface area contributed by atoms with Gasteiger partial charge in [0.1, 0.15) is 11.6 Å². The van der Waals surface area contributed by atoms with E-state index >= 15 is 0 Å². The maximum atomic E-state index is 12.8. The van der Waals surface area contributed by atoms with Crippen LogP contribution in [0.2, 0.25) is 0 Å². The highest BCUT2D eigenvalue weighted by molar-refractivity contribution is 5.81. The van der Waals surface area contributed by atoms with Gasteiger partial charge >= 0.3 is 0 Å². The van der Waals surface area contributed by atoms with Crippen LogP contribution < -0.4 is 4.74 Å². The number of piperidine rings is 1. The van der Waals surface area contributed by atoms with Crippen molar-refractivity contribution in [3.05, 3.63) is 53.6 Å². The van der Waals surface area contributed by atoms with Gasteiger partial charge in [0.15, 0.2) is 6.10 Å². The van der Waals surface area contributed by atoms with Crippen LogP contribution in [0, 0.1) is 6.92 Å². The number of para-hydroxylation sites is 1. The van der Waals surface area contributed by atoms with E-state index in [9.17, 15) is 4.79 Å². The molecule has 2 aliphatic rings. The Labute approximate surface area is 148 Å². The van der Waals surface area contributed by atoms with E-state index in [0.29, 0.717) is 5.92 Å². The Hall–Kier alpha value is -2.43. The molecule has 5 nitrogen and oxygen atoms in total. The van der Waals surface area contributed by atoms with Crippen LogP contribution in [0.5, 0.6) is 5.75 Å². The van der Waals surface area contributed by atoms with Crippen molar-refractivity contribution in [1.82, 2.24) is 14.9 Å². The molecule has 5 heteroatoms. The van der Waals surface area contributed by atoms with Crippen molar-refractivity contribution >= 4 is 5.91 Å². The van der Waals surface area contributed by atoms with Crippen LogP contribution in [0.4, 0.5) is 0 Å². The summed E-state index contributed by atoms with van der Waals surface area (Å²) in [4.78, 5) is 23.5. The lowest BCUT2D eigenvalue weighted by molar-refractivity contribution is -0.140. The third kappa shape index (κ3) is 3.36. The van der Waals surface area contributed by atoms with Crippen LogP contribution in [0.25, 0.3) is 0 Å². The molecule has 0 bridgehead atoms. The molecule has 2 aliphatic heterocycles. The predicted molar refractivity (Wildman–Crippen MR) is 94.5 cm³/mol. The molecule has 1 amide bonds. The normalized spacial score (nSPS) is 20.7. The van der Waals surface area contributed by atoms with Crippen molar-refractivity contribution in [2.75, 3.05) is 13.1 Å². The van der Waals surface area contributed by atoms with Crippen LogP contribution in [0.3, 0.4) is 0 Å². The molecule has 3 heterocycles. The van der Waals surface area contributed by atoms with Gasteiger partial charge in [0, 0.05) is 30.9 Å². The topological polar surface area (TPSA) is 55.3 Å². The number of rotatable bonds is 2. The van der Waals surface area contributed by atoms with Gasteiger partial charge < -0.3 is 9.64 Å². The number of amides is 1. The number of likely N-dealkylation sites (tertiary alicyclic amines) is 1. The molecule has 1 saturated heterocycles. The zero-order valence-corrected chi connectivity index (χ0v) is 14.5. The maximum Gasteiger partial charge on any atom is 0.263 e. The number of aryl methyl sites for hydroxylation is 2. The van der Waals surface area contributed by atoms with E-state index in [4.69, 9.17) is 4.74 Å². The summed E-state index contributed by atoms with van der Waals surface area (Å²) in [7, 11) is 0. The summed E-state index contributed by atoms with van der Waals surface area (Å²) >= 11 is 0. The van der Waals surface area contributed by atoms with Gasteiger partial charge in [-0.15, -0.1) is 0 Å². The number of fused-ring (bicyclic) bond motifs is 1. The highest BCUT2D eigenvalue weighted by Gasteiger charge is 2.32. The number of hydrogen-bond acceptors (Lipinski definition) is 4. The van der Waals surface area contributed by atoms with Gasteiger partial charge in [0.2, 0.25) is 0 Å². The van der Waals surface area contributed by atoms with Crippen molar-refractivity contribution in [2.45, 2.75) is 44.6 Å². The number of benzene rings is 1. The third-order valence-corrected chi connectivity index (χ3v) is 5.22. The molecule has 0 spiro atoms. The average Bonchev–Trinajstić information content (AvgIpc) is 2.67. The third-order valence-electron chi connectivity index (χ3n) is 5.22. The minimum absolute atomic E-state index is 0.131.